The number of hydrogen-bond donors (Lipinski definition) is 0. The highest BCUT2D eigenvalue weighted by atomic mass is 32.2. The number of carbonyl (C=O) groups is 1. The van der Waals surface area contributed by atoms with Crippen molar-refractivity contribution >= 4 is 15.7 Å². The maximum absolute atomic E-state index is 14.4. The zero-order valence-corrected chi connectivity index (χ0v) is 22.7. The Balaban J connectivity index is 1.28. The van der Waals surface area contributed by atoms with E-state index in [1.54, 1.807) is 11.8 Å². The molecule has 0 atom stereocenters. The predicted molar refractivity (Wildman–Crippen MR) is 135 cm³/mol. The molecule has 0 radical (unpaired) electrons. The molecule has 220 valence electrons. The van der Waals surface area contributed by atoms with Gasteiger partial charge in [-0.2, -0.15) is 0 Å². The van der Waals surface area contributed by atoms with Crippen molar-refractivity contribution in [3.05, 3.63) is 60.2 Å². The van der Waals surface area contributed by atoms with Crippen LogP contribution in [0, 0.1) is 12.7 Å². The Morgan fingerprint density at radius 1 is 1.02 bits per heavy atom. The van der Waals surface area contributed by atoms with Gasteiger partial charge in [-0.3, -0.25) is 4.79 Å². The number of ether oxygens (including phenoxy) is 4. The standard InChI is InChI=1S/C26H25F4N3O7S/c1-16-24(31-15-32-25(16)39-22-8-7-20(13-21(22)27)41(2,35)36)38-18-9-11-33(12-10-18)23(34)14-37-17-3-5-19(6-4-17)40-26(28,29)30/h3-8,13,15,18H,9-12,14H2,1-2H3. The second-order valence-electron chi connectivity index (χ2n) is 9.08. The highest BCUT2D eigenvalue weighted by Crippen LogP contribution is 2.31. The topological polar surface area (TPSA) is 117 Å². The van der Waals surface area contributed by atoms with Crippen LogP contribution < -0.4 is 18.9 Å². The highest BCUT2D eigenvalue weighted by Gasteiger charge is 2.31. The van der Waals surface area contributed by atoms with Gasteiger partial charge in [0.25, 0.3) is 5.91 Å². The fourth-order valence-electron chi connectivity index (χ4n) is 3.89. The molecule has 3 aromatic rings. The van der Waals surface area contributed by atoms with E-state index < -0.39 is 27.8 Å². The summed E-state index contributed by atoms with van der Waals surface area (Å²) in [6.07, 6.45) is -1.96. The minimum atomic E-state index is -4.80. The Hall–Kier alpha value is -4.14. The number of sulfone groups is 1. The molecule has 10 nitrogen and oxygen atoms in total. The van der Waals surface area contributed by atoms with Crippen molar-refractivity contribution < 1.29 is 49.7 Å². The number of amides is 1. The predicted octanol–water partition coefficient (Wildman–Crippen LogP) is 4.47. The van der Waals surface area contributed by atoms with Crippen LogP contribution in [0.15, 0.2) is 53.7 Å². The molecule has 41 heavy (non-hydrogen) atoms. The number of benzene rings is 2. The summed E-state index contributed by atoms with van der Waals surface area (Å²) in [6, 6.07) is 8.01. The number of aromatic nitrogens is 2. The lowest BCUT2D eigenvalue weighted by atomic mass is 10.1. The van der Waals surface area contributed by atoms with Crippen molar-refractivity contribution in [3.8, 4) is 29.0 Å². The monoisotopic (exact) mass is 599 g/mol. The fourth-order valence-corrected chi connectivity index (χ4v) is 4.53. The second kappa shape index (κ2) is 12.2. The van der Waals surface area contributed by atoms with Gasteiger partial charge in [-0.15, -0.1) is 13.2 Å². The van der Waals surface area contributed by atoms with Crippen LogP contribution in [0.4, 0.5) is 17.6 Å². The molecule has 0 bridgehead atoms. The quantitative estimate of drug-likeness (QED) is 0.329. The van der Waals surface area contributed by atoms with Crippen LogP contribution in [-0.4, -0.2) is 67.6 Å². The fraction of sp³-hybridized carbons (Fsp3) is 0.346. The third-order valence-electron chi connectivity index (χ3n) is 6.02. The van der Waals surface area contributed by atoms with E-state index in [2.05, 4.69) is 14.7 Å². The second-order valence-corrected chi connectivity index (χ2v) is 11.1. The van der Waals surface area contributed by atoms with Crippen LogP contribution in [-0.2, 0) is 14.6 Å². The molecule has 1 amide bonds. The van der Waals surface area contributed by atoms with Crippen LogP contribution in [0.2, 0.25) is 0 Å². The molecule has 0 N–H and O–H groups in total. The first-order valence-electron chi connectivity index (χ1n) is 12.2. The molecular formula is C26H25F4N3O7S. The maximum atomic E-state index is 14.4. The molecule has 0 spiro atoms. The average Bonchev–Trinajstić information content (AvgIpc) is 2.90. The van der Waals surface area contributed by atoms with Crippen molar-refractivity contribution in [1.29, 1.82) is 0 Å². The number of likely N-dealkylation sites (tertiary alicyclic amines) is 1. The highest BCUT2D eigenvalue weighted by molar-refractivity contribution is 7.90. The van der Waals surface area contributed by atoms with E-state index >= 15 is 0 Å². The summed E-state index contributed by atoms with van der Waals surface area (Å²) < 4.78 is 95.3. The van der Waals surface area contributed by atoms with Crippen LogP contribution in [0.25, 0.3) is 0 Å². The summed E-state index contributed by atoms with van der Waals surface area (Å²) in [4.78, 5) is 22.1. The molecule has 15 heteroatoms. The summed E-state index contributed by atoms with van der Waals surface area (Å²) in [5.74, 6) is -1.32. The smallest absolute Gasteiger partial charge is 0.484 e. The average molecular weight is 600 g/mol. The van der Waals surface area contributed by atoms with Crippen molar-refractivity contribution in [2.75, 3.05) is 26.0 Å². The zero-order chi connectivity index (χ0) is 29.8. The third kappa shape index (κ3) is 8.19. The van der Waals surface area contributed by atoms with E-state index in [1.165, 1.54) is 30.6 Å². The molecule has 2 heterocycles. The van der Waals surface area contributed by atoms with Crippen LogP contribution >= 0.6 is 0 Å². The number of alkyl halides is 3. The Morgan fingerprint density at radius 3 is 2.27 bits per heavy atom. The van der Waals surface area contributed by atoms with E-state index in [4.69, 9.17) is 14.2 Å². The first-order chi connectivity index (χ1) is 19.3. The molecule has 0 saturated carbocycles. The molecular weight excluding hydrogens is 574 g/mol. The van der Waals surface area contributed by atoms with Gasteiger partial charge in [0.15, 0.2) is 28.0 Å². The van der Waals surface area contributed by atoms with Gasteiger partial charge in [-0.25, -0.2) is 22.8 Å². The molecule has 1 aliphatic heterocycles. The number of halogens is 4. The maximum Gasteiger partial charge on any atom is 0.573 e. The Bertz CT molecular complexity index is 1490. The summed E-state index contributed by atoms with van der Waals surface area (Å²) in [6.45, 7) is 2.08. The van der Waals surface area contributed by atoms with E-state index in [0.717, 1.165) is 24.5 Å². The largest absolute Gasteiger partial charge is 0.573 e. The van der Waals surface area contributed by atoms with Gasteiger partial charge in [0.05, 0.1) is 10.5 Å². The van der Waals surface area contributed by atoms with Gasteiger partial charge in [0, 0.05) is 32.2 Å². The minimum absolute atomic E-state index is 0.0313. The molecule has 1 saturated heterocycles. The van der Waals surface area contributed by atoms with Crippen molar-refractivity contribution in [2.24, 2.45) is 0 Å². The van der Waals surface area contributed by atoms with Gasteiger partial charge in [0.2, 0.25) is 11.8 Å². The third-order valence-corrected chi connectivity index (χ3v) is 7.13. The summed E-state index contributed by atoms with van der Waals surface area (Å²) in [7, 11) is -3.59. The number of nitrogens with zero attached hydrogens (tertiary/aromatic N) is 3. The van der Waals surface area contributed by atoms with Crippen molar-refractivity contribution in [1.82, 2.24) is 14.9 Å². The van der Waals surface area contributed by atoms with Gasteiger partial charge in [-0.05, 0) is 49.4 Å². The molecule has 4 rings (SSSR count). The summed E-state index contributed by atoms with van der Waals surface area (Å²) >= 11 is 0. The SMILES string of the molecule is Cc1c(Oc2ccc(S(C)(=O)=O)cc2F)ncnc1OC1CCN(C(=O)COc2ccc(OC(F)(F)F)cc2)CC1. The molecule has 1 fully saturated rings. The van der Waals surface area contributed by atoms with E-state index in [1.807, 2.05) is 0 Å². The first-order valence-corrected chi connectivity index (χ1v) is 14.1. The van der Waals surface area contributed by atoms with Crippen LogP contribution in [0.5, 0.6) is 29.0 Å². The number of piperidine rings is 1. The summed E-state index contributed by atoms with van der Waals surface area (Å²) in [5, 5.41) is 0. The lowest BCUT2D eigenvalue weighted by Gasteiger charge is -2.32. The molecule has 0 aliphatic carbocycles. The summed E-state index contributed by atoms with van der Waals surface area (Å²) in [5.41, 5.74) is 0.401. The first kappa shape index (κ1) is 29.8. The number of carbonyl (C=O) groups excluding carboxylic acids is 1. The number of hydrogen-bond acceptors (Lipinski definition) is 9. The number of rotatable bonds is 9. The van der Waals surface area contributed by atoms with Gasteiger partial charge < -0.3 is 23.8 Å². The van der Waals surface area contributed by atoms with Crippen molar-refractivity contribution in [3.63, 3.8) is 0 Å². The zero-order valence-electron chi connectivity index (χ0n) is 21.9. The van der Waals surface area contributed by atoms with Crippen LogP contribution in [0.3, 0.4) is 0 Å². The van der Waals surface area contributed by atoms with E-state index in [9.17, 15) is 30.8 Å². The van der Waals surface area contributed by atoms with Gasteiger partial charge >= 0.3 is 6.36 Å². The Labute approximate surface area is 232 Å². The lowest BCUT2D eigenvalue weighted by molar-refractivity contribution is -0.274. The Kier molecular flexibility index (Phi) is 8.85. The van der Waals surface area contributed by atoms with Crippen LogP contribution in [0.1, 0.15) is 18.4 Å². The van der Waals surface area contributed by atoms with Crippen molar-refractivity contribution in [2.45, 2.75) is 37.1 Å². The molecule has 0 unspecified atom stereocenters. The molecule has 1 aromatic heterocycles. The minimum Gasteiger partial charge on any atom is -0.484 e. The Morgan fingerprint density at radius 2 is 1.66 bits per heavy atom. The van der Waals surface area contributed by atoms with E-state index in [0.29, 0.717) is 31.5 Å². The van der Waals surface area contributed by atoms with Gasteiger partial charge in [0.1, 0.15) is 23.9 Å². The lowest BCUT2D eigenvalue weighted by Crippen LogP contribution is -2.43. The molecule has 1 aliphatic rings. The van der Waals surface area contributed by atoms with Gasteiger partial charge in [-0.1, -0.05) is 0 Å². The van der Waals surface area contributed by atoms with E-state index in [-0.39, 0.29) is 46.8 Å². The normalized spacial score (nSPS) is 14.4. The molecule has 2 aromatic carbocycles.